The van der Waals surface area contributed by atoms with Crippen molar-refractivity contribution < 1.29 is 0 Å². The minimum Gasteiger partial charge on any atom is -0.310 e. The molecule has 0 fully saturated rings. The fraction of sp³-hybridized carbons (Fsp3) is 0.625. The van der Waals surface area contributed by atoms with Gasteiger partial charge in [-0.1, -0.05) is 61.7 Å². The first kappa shape index (κ1) is 15.7. The van der Waals surface area contributed by atoms with Gasteiger partial charge in [0.05, 0.1) is 0 Å². The Hall–Kier alpha value is -0.340. The molecule has 0 heterocycles. The molecule has 1 nitrogen and oxygen atoms in total. The van der Waals surface area contributed by atoms with Crippen LogP contribution in [-0.4, -0.2) is 6.54 Å². The third kappa shape index (κ3) is 4.74. The van der Waals surface area contributed by atoms with Gasteiger partial charge >= 0.3 is 0 Å². The molecule has 1 N–H and O–H groups in total. The topological polar surface area (TPSA) is 12.0 Å². The summed E-state index contributed by atoms with van der Waals surface area (Å²) in [5.41, 5.74) is 1.42. The molecule has 1 atom stereocenters. The molecule has 0 radical (unpaired) electrons. The maximum Gasteiger partial charge on any atom is 0.0348 e. The fourth-order valence-electron chi connectivity index (χ4n) is 2.67. The van der Waals surface area contributed by atoms with Gasteiger partial charge in [0.2, 0.25) is 0 Å². The van der Waals surface area contributed by atoms with E-state index in [2.05, 4.69) is 66.3 Å². The lowest BCUT2D eigenvalue weighted by Crippen LogP contribution is -2.28. The van der Waals surface area contributed by atoms with E-state index < -0.39 is 0 Å². The first-order valence-corrected chi connectivity index (χ1v) is 8.01. The highest BCUT2D eigenvalue weighted by molar-refractivity contribution is 9.10. The molecule has 0 saturated carbocycles. The number of nitrogens with one attached hydrogen (secondary N) is 1. The largest absolute Gasteiger partial charge is 0.310 e. The van der Waals surface area contributed by atoms with Crippen molar-refractivity contribution in [3.8, 4) is 0 Å². The maximum absolute atomic E-state index is 3.67. The quantitative estimate of drug-likeness (QED) is 0.685. The van der Waals surface area contributed by atoms with Gasteiger partial charge in [-0.05, 0) is 43.0 Å². The first-order chi connectivity index (χ1) is 8.72. The Morgan fingerprint density at radius 2 is 1.56 bits per heavy atom. The zero-order valence-electron chi connectivity index (χ0n) is 11.9. The zero-order valence-corrected chi connectivity index (χ0v) is 13.5. The summed E-state index contributed by atoms with van der Waals surface area (Å²) in [4.78, 5) is 0. The molecule has 1 aromatic carbocycles. The van der Waals surface area contributed by atoms with E-state index in [-0.39, 0.29) is 0 Å². The molecule has 0 aliphatic rings. The number of benzene rings is 1. The van der Waals surface area contributed by atoms with Gasteiger partial charge in [-0.3, -0.25) is 0 Å². The third-order valence-corrected chi connectivity index (χ3v) is 3.97. The SMILES string of the molecule is CCCC(CCC)C(NCC)c1ccc(Br)cc1. The second-order valence-electron chi connectivity index (χ2n) is 4.92. The molecule has 0 bridgehead atoms. The summed E-state index contributed by atoms with van der Waals surface area (Å²) in [6.45, 7) is 7.80. The van der Waals surface area contributed by atoms with E-state index in [9.17, 15) is 0 Å². The summed E-state index contributed by atoms with van der Waals surface area (Å²) < 4.78 is 1.16. The van der Waals surface area contributed by atoms with Crippen LogP contribution in [0.5, 0.6) is 0 Å². The van der Waals surface area contributed by atoms with Crippen LogP contribution in [0.15, 0.2) is 28.7 Å². The van der Waals surface area contributed by atoms with Gasteiger partial charge < -0.3 is 5.32 Å². The van der Waals surface area contributed by atoms with Crippen LogP contribution in [0.1, 0.15) is 58.1 Å². The van der Waals surface area contributed by atoms with E-state index in [1.807, 2.05) is 0 Å². The van der Waals surface area contributed by atoms with Crippen LogP contribution in [0.25, 0.3) is 0 Å². The normalized spacial score (nSPS) is 12.9. The molecule has 0 aromatic heterocycles. The second kappa shape index (κ2) is 8.71. The highest BCUT2D eigenvalue weighted by atomic mass is 79.9. The van der Waals surface area contributed by atoms with Crippen LogP contribution in [0.3, 0.4) is 0 Å². The van der Waals surface area contributed by atoms with Crippen LogP contribution >= 0.6 is 15.9 Å². The van der Waals surface area contributed by atoms with Crippen molar-refractivity contribution in [2.45, 2.75) is 52.5 Å². The highest BCUT2D eigenvalue weighted by Crippen LogP contribution is 2.30. The Morgan fingerprint density at radius 3 is 2.00 bits per heavy atom. The fourth-order valence-corrected chi connectivity index (χ4v) is 2.93. The summed E-state index contributed by atoms with van der Waals surface area (Å²) in [5.74, 6) is 0.751. The van der Waals surface area contributed by atoms with Crippen molar-refractivity contribution in [2.24, 2.45) is 5.92 Å². The number of hydrogen-bond donors (Lipinski definition) is 1. The van der Waals surface area contributed by atoms with E-state index in [4.69, 9.17) is 0 Å². The van der Waals surface area contributed by atoms with Crippen molar-refractivity contribution in [1.82, 2.24) is 5.32 Å². The summed E-state index contributed by atoms with van der Waals surface area (Å²) in [7, 11) is 0. The standard InChI is InChI=1S/C16H26BrN/c1-4-7-13(8-5-2)16(18-6-3)14-9-11-15(17)12-10-14/h9-13,16,18H,4-8H2,1-3H3. The third-order valence-electron chi connectivity index (χ3n) is 3.44. The van der Waals surface area contributed by atoms with Gasteiger partial charge in [0.25, 0.3) is 0 Å². The molecule has 2 heteroatoms. The molecule has 0 aliphatic carbocycles. The van der Waals surface area contributed by atoms with Gasteiger partial charge in [0.15, 0.2) is 0 Å². The lowest BCUT2D eigenvalue weighted by atomic mass is 9.86. The van der Waals surface area contributed by atoms with Crippen molar-refractivity contribution in [3.05, 3.63) is 34.3 Å². The summed E-state index contributed by atoms with van der Waals surface area (Å²) in [6.07, 6.45) is 5.15. The molecule has 1 aromatic rings. The van der Waals surface area contributed by atoms with Crippen molar-refractivity contribution in [3.63, 3.8) is 0 Å². The van der Waals surface area contributed by atoms with Crippen molar-refractivity contribution >= 4 is 15.9 Å². The Labute approximate surface area is 120 Å². The molecule has 18 heavy (non-hydrogen) atoms. The van der Waals surface area contributed by atoms with Gasteiger partial charge in [-0.25, -0.2) is 0 Å². The van der Waals surface area contributed by atoms with Crippen molar-refractivity contribution in [1.29, 1.82) is 0 Å². The van der Waals surface area contributed by atoms with Crippen LogP contribution < -0.4 is 5.32 Å². The molecule has 1 unspecified atom stereocenters. The molecule has 0 spiro atoms. The van der Waals surface area contributed by atoms with Crippen molar-refractivity contribution in [2.75, 3.05) is 6.54 Å². The molecule has 1 rings (SSSR count). The maximum atomic E-state index is 3.67. The number of rotatable bonds is 8. The van der Waals surface area contributed by atoms with Gasteiger partial charge in [-0.15, -0.1) is 0 Å². The smallest absolute Gasteiger partial charge is 0.0348 e. The van der Waals surface area contributed by atoms with Crippen LogP contribution in [0.2, 0.25) is 0 Å². The Balaban J connectivity index is 2.87. The minimum atomic E-state index is 0.503. The minimum absolute atomic E-state index is 0.503. The molecular weight excluding hydrogens is 286 g/mol. The Bertz CT molecular complexity index is 314. The van der Waals surface area contributed by atoms with Gasteiger partial charge in [0, 0.05) is 10.5 Å². The molecule has 0 amide bonds. The summed E-state index contributed by atoms with van der Waals surface area (Å²) in [5, 5.41) is 3.67. The van der Waals surface area contributed by atoms with E-state index in [1.165, 1.54) is 31.2 Å². The van der Waals surface area contributed by atoms with Crippen LogP contribution in [0, 0.1) is 5.92 Å². The summed E-state index contributed by atoms with van der Waals surface area (Å²) in [6, 6.07) is 9.29. The Morgan fingerprint density at radius 1 is 1.00 bits per heavy atom. The van der Waals surface area contributed by atoms with E-state index in [1.54, 1.807) is 0 Å². The lowest BCUT2D eigenvalue weighted by Gasteiger charge is -2.28. The van der Waals surface area contributed by atoms with Gasteiger partial charge in [0.1, 0.15) is 0 Å². The van der Waals surface area contributed by atoms with E-state index in [0.29, 0.717) is 6.04 Å². The summed E-state index contributed by atoms with van der Waals surface area (Å²) >= 11 is 3.51. The van der Waals surface area contributed by atoms with E-state index in [0.717, 1.165) is 16.9 Å². The Kier molecular flexibility index (Phi) is 7.60. The molecular formula is C16H26BrN. The predicted octanol–water partition coefficient (Wildman–Crippen LogP) is 5.32. The average molecular weight is 312 g/mol. The van der Waals surface area contributed by atoms with E-state index >= 15 is 0 Å². The van der Waals surface area contributed by atoms with Crippen LogP contribution in [0.4, 0.5) is 0 Å². The number of hydrogen-bond acceptors (Lipinski definition) is 1. The average Bonchev–Trinajstić information content (AvgIpc) is 2.37. The monoisotopic (exact) mass is 311 g/mol. The van der Waals surface area contributed by atoms with Gasteiger partial charge in [-0.2, -0.15) is 0 Å². The highest BCUT2D eigenvalue weighted by Gasteiger charge is 2.20. The second-order valence-corrected chi connectivity index (χ2v) is 5.84. The predicted molar refractivity (Wildman–Crippen MR) is 83.9 cm³/mol. The lowest BCUT2D eigenvalue weighted by molar-refractivity contribution is 0.320. The first-order valence-electron chi connectivity index (χ1n) is 7.21. The van der Waals surface area contributed by atoms with Crippen LogP contribution in [-0.2, 0) is 0 Å². The molecule has 0 aliphatic heterocycles. The molecule has 102 valence electrons. The molecule has 0 saturated heterocycles. The number of halogens is 1. The zero-order chi connectivity index (χ0) is 13.4.